The van der Waals surface area contributed by atoms with Gasteiger partial charge in [-0.05, 0) is 50.4 Å². The van der Waals surface area contributed by atoms with Gasteiger partial charge in [0.25, 0.3) is 0 Å². The maximum atomic E-state index is 12.3. The Kier molecular flexibility index (Phi) is 4.32. The summed E-state index contributed by atoms with van der Waals surface area (Å²) in [6.07, 6.45) is 6.68. The average molecular weight is 416 g/mol. The number of aliphatic hydroxyl groups is 1. The zero-order valence-corrected chi connectivity index (χ0v) is 18.2. The topological polar surface area (TPSA) is 85.2 Å². The molecule has 0 aromatic rings. The molecule has 0 unspecified atom stereocenters. The Balaban J connectivity index is 1.74. The molecule has 5 saturated carbocycles. The number of esters is 2. The molecule has 4 bridgehead atoms. The Morgan fingerprint density at radius 3 is 2.60 bits per heavy atom. The van der Waals surface area contributed by atoms with Gasteiger partial charge in [-0.2, -0.15) is 0 Å². The van der Waals surface area contributed by atoms with Gasteiger partial charge >= 0.3 is 11.9 Å². The Morgan fingerprint density at radius 2 is 1.93 bits per heavy atom. The summed E-state index contributed by atoms with van der Waals surface area (Å²) in [5.41, 5.74) is 0.182. The molecule has 5 fully saturated rings. The molecule has 5 aliphatic carbocycles. The van der Waals surface area contributed by atoms with E-state index in [1.807, 2.05) is 6.21 Å². The van der Waals surface area contributed by atoms with E-state index in [4.69, 9.17) is 9.47 Å². The minimum Gasteiger partial charge on any atom is -0.458 e. The zero-order valence-electron chi connectivity index (χ0n) is 18.2. The predicted octanol–water partition coefficient (Wildman–Crippen LogP) is 3.42. The molecule has 0 radical (unpaired) electrons. The highest BCUT2D eigenvalue weighted by Crippen LogP contribution is 2.73. The van der Waals surface area contributed by atoms with Crippen LogP contribution in [0.2, 0.25) is 0 Å². The molecule has 0 saturated heterocycles. The molecule has 1 N–H and O–H groups in total. The molecule has 6 heteroatoms. The van der Waals surface area contributed by atoms with Crippen LogP contribution in [-0.2, 0) is 19.1 Å². The van der Waals surface area contributed by atoms with Crippen LogP contribution in [0, 0.1) is 34.0 Å². The zero-order chi connectivity index (χ0) is 21.5. The van der Waals surface area contributed by atoms with E-state index in [0.717, 1.165) is 44.9 Å². The van der Waals surface area contributed by atoms with Crippen molar-refractivity contribution in [2.45, 2.75) is 84.2 Å². The van der Waals surface area contributed by atoms with Crippen LogP contribution in [-0.4, -0.2) is 41.7 Å². The molecule has 1 aliphatic heterocycles. The van der Waals surface area contributed by atoms with Gasteiger partial charge in [-0.3, -0.25) is 14.6 Å². The first-order valence-electron chi connectivity index (χ1n) is 11.4. The molecular formula is C24H33NO5. The number of ether oxygens (including phenoxy) is 2. The van der Waals surface area contributed by atoms with Crippen LogP contribution in [0.25, 0.3) is 0 Å². The van der Waals surface area contributed by atoms with Crippen LogP contribution in [0.3, 0.4) is 0 Å². The lowest BCUT2D eigenvalue weighted by atomic mass is 9.34. The summed E-state index contributed by atoms with van der Waals surface area (Å²) in [5, 5.41) is 10.9. The van der Waals surface area contributed by atoms with Crippen molar-refractivity contribution >= 4 is 18.2 Å². The number of fused-ring (bicyclic) bond motifs is 2. The molecule has 1 spiro atoms. The Hall–Kier alpha value is -1.69. The van der Waals surface area contributed by atoms with Crippen LogP contribution in [0.4, 0.5) is 0 Å². The van der Waals surface area contributed by atoms with Gasteiger partial charge in [0, 0.05) is 42.2 Å². The lowest BCUT2D eigenvalue weighted by molar-refractivity contribution is -0.276. The molecule has 0 aromatic carbocycles. The second-order valence-electron chi connectivity index (χ2n) is 10.8. The Labute approximate surface area is 178 Å². The van der Waals surface area contributed by atoms with E-state index in [-0.39, 0.29) is 34.6 Å². The third kappa shape index (κ3) is 2.43. The van der Waals surface area contributed by atoms with E-state index in [0.29, 0.717) is 5.92 Å². The van der Waals surface area contributed by atoms with E-state index in [2.05, 4.69) is 18.5 Å². The van der Waals surface area contributed by atoms with Crippen LogP contribution in [0.15, 0.2) is 17.1 Å². The number of hydrogen-bond donors (Lipinski definition) is 1. The quantitative estimate of drug-likeness (QED) is 0.552. The van der Waals surface area contributed by atoms with Gasteiger partial charge in [0.05, 0.1) is 0 Å². The number of aliphatic hydroxyl groups excluding tert-OH is 1. The normalized spacial score (nSPS) is 51.0. The highest BCUT2D eigenvalue weighted by Gasteiger charge is 2.75. The van der Waals surface area contributed by atoms with Crippen molar-refractivity contribution in [3.8, 4) is 0 Å². The smallest absolute Gasteiger partial charge is 0.303 e. The number of rotatable bonds is 2. The van der Waals surface area contributed by atoms with E-state index < -0.39 is 23.9 Å². The van der Waals surface area contributed by atoms with Gasteiger partial charge in [0.2, 0.25) is 0 Å². The highest BCUT2D eigenvalue weighted by molar-refractivity contribution is 5.72. The fourth-order valence-electron chi connectivity index (χ4n) is 8.46. The van der Waals surface area contributed by atoms with Crippen LogP contribution in [0.1, 0.15) is 65.7 Å². The Bertz CT molecular complexity index is 837. The maximum absolute atomic E-state index is 12.3. The molecule has 6 aliphatic rings. The fraction of sp³-hybridized carbons (Fsp3) is 0.792. The van der Waals surface area contributed by atoms with Crippen molar-refractivity contribution < 1.29 is 24.2 Å². The number of carbonyl (C=O) groups excluding carboxylic acids is 2. The first-order valence-corrected chi connectivity index (χ1v) is 11.4. The van der Waals surface area contributed by atoms with Crippen molar-refractivity contribution in [1.82, 2.24) is 0 Å². The van der Waals surface area contributed by atoms with Crippen molar-refractivity contribution in [1.29, 1.82) is 0 Å². The lowest BCUT2D eigenvalue weighted by Crippen LogP contribution is -2.74. The molecule has 6 nitrogen and oxygen atoms in total. The summed E-state index contributed by atoms with van der Waals surface area (Å²) in [4.78, 5) is 29.1. The minimum atomic E-state index is -0.836. The van der Waals surface area contributed by atoms with Crippen molar-refractivity contribution in [3.05, 3.63) is 12.2 Å². The predicted molar refractivity (Wildman–Crippen MR) is 111 cm³/mol. The fourth-order valence-corrected chi connectivity index (χ4v) is 8.46. The third-order valence-corrected chi connectivity index (χ3v) is 9.40. The first-order chi connectivity index (χ1) is 14.1. The molecule has 0 aromatic heterocycles. The van der Waals surface area contributed by atoms with E-state index in [1.165, 1.54) is 19.4 Å². The molecular weight excluding hydrogens is 382 g/mol. The summed E-state index contributed by atoms with van der Waals surface area (Å²) < 4.78 is 12.1. The van der Waals surface area contributed by atoms with E-state index in [1.54, 1.807) is 0 Å². The van der Waals surface area contributed by atoms with Crippen molar-refractivity contribution in [2.75, 3.05) is 0 Å². The SMILES string of the molecule is C=C1C[C@]23CC[C@H]1C[C@H]2[C@]12C=N[C@H](O)[C@](C)(CCC1)[C@H]2[C@H](OC(C)=O)[C@H]3OC(C)=O. The molecule has 6 rings (SSSR count). The average Bonchev–Trinajstić information content (AvgIpc) is 2.67. The van der Waals surface area contributed by atoms with Crippen LogP contribution >= 0.6 is 0 Å². The van der Waals surface area contributed by atoms with Crippen molar-refractivity contribution in [3.63, 3.8) is 0 Å². The van der Waals surface area contributed by atoms with Gasteiger partial charge in [-0.15, -0.1) is 0 Å². The van der Waals surface area contributed by atoms with E-state index in [9.17, 15) is 14.7 Å². The summed E-state index contributed by atoms with van der Waals surface area (Å²) in [7, 11) is 0. The van der Waals surface area contributed by atoms with Gasteiger partial charge in [0.1, 0.15) is 18.4 Å². The molecule has 30 heavy (non-hydrogen) atoms. The molecule has 164 valence electrons. The highest BCUT2D eigenvalue weighted by atomic mass is 16.6. The summed E-state index contributed by atoms with van der Waals surface area (Å²) in [6, 6.07) is 0. The van der Waals surface area contributed by atoms with Gasteiger partial charge in [-0.1, -0.05) is 25.5 Å². The monoisotopic (exact) mass is 415 g/mol. The van der Waals surface area contributed by atoms with Gasteiger partial charge in [-0.25, -0.2) is 0 Å². The summed E-state index contributed by atoms with van der Waals surface area (Å²) >= 11 is 0. The van der Waals surface area contributed by atoms with E-state index >= 15 is 0 Å². The number of allylic oxidation sites excluding steroid dienone is 1. The molecule has 9 atom stereocenters. The first kappa shape index (κ1) is 20.2. The molecule has 1 heterocycles. The number of hydrogen-bond acceptors (Lipinski definition) is 6. The van der Waals surface area contributed by atoms with Gasteiger partial charge < -0.3 is 14.6 Å². The number of nitrogens with zero attached hydrogens (tertiary/aromatic N) is 1. The lowest BCUT2D eigenvalue weighted by Gasteiger charge is -2.72. The summed E-state index contributed by atoms with van der Waals surface area (Å²) in [5.74, 6) is -0.0679. The number of aliphatic imine (C=N–C) groups is 1. The maximum Gasteiger partial charge on any atom is 0.303 e. The van der Waals surface area contributed by atoms with Gasteiger partial charge in [0.15, 0.2) is 0 Å². The largest absolute Gasteiger partial charge is 0.458 e. The number of carbonyl (C=O) groups is 2. The van der Waals surface area contributed by atoms with Crippen LogP contribution in [0.5, 0.6) is 0 Å². The second kappa shape index (κ2) is 6.41. The standard InChI is InChI=1S/C24H33NO5/c1-13-11-23-9-6-16(13)10-17(23)24-8-5-7-22(4,21(28)25-12-24)19(24)18(29-14(2)26)20(23)30-15(3)27/h12,16-21,28H,1,5-11H2,2-4H3/t16-,17+,18-,19+,20+,21+,22+,23+,24+/m0/s1. The minimum absolute atomic E-state index is 0.122. The van der Waals surface area contributed by atoms with Crippen LogP contribution < -0.4 is 0 Å². The Morgan fingerprint density at radius 1 is 1.20 bits per heavy atom. The second-order valence-corrected chi connectivity index (χ2v) is 10.8. The van der Waals surface area contributed by atoms with Crippen molar-refractivity contribution in [2.24, 2.45) is 39.0 Å². The summed E-state index contributed by atoms with van der Waals surface area (Å²) in [6.45, 7) is 9.30. The molecule has 0 amide bonds. The third-order valence-electron chi connectivity index (χ3n) is 9.40.